The van der Waals surface area contributed by atoms with Crippen LogP contribution in [0.5, 0.6) is 0 Å². The lowest BCUT2D eigenvalue weighted by Crippen LogP contribution is -2.34. The first-order valence-electron chi connectivity index (χ1n) is 4.48. The van der Waals surface area contributed by atoms with Gasteiger partial charge in [0.1, 0.15) is 5.82 Å². The Balaban J connectivity index is 2.41. The number of fused-ring (bicyclic) bond motifs is 1. The maximum absolute atomic E-state index is 12.9. The minimum atomic E-state index is -2.49. The SMILES string of the molecule is Fc1ccc2c(c1)C(C(F)F)NCC2. The minimum Gasteiger partial charge on any atom is -0.305 e. The molecule has 76 valence electrons. The summed E-state index contributed by atoms with van der Waals surface area (Å²) >= 11 is 0. The number of benzene rings is 1. The first-order chi connectivity index (χ1) is 6.68. The van der Waals surface area contributed by atoms with Gasteiger partial charge in [-0.2, -0.15) is 0 Å². The molecule has 0 aromatic heterocycles. The molecule has 1 aliphatic heterocycles. The summed E-state index contributed by atoms with van der Waals surface area (Å²) in [4.78, 5) is 0. The van der Waals surface area contributed by atoms with Gasteiger partial charge >= 0.3 is 0 Å². The molecule has 1 atom stereocenters. The van der Waals surface area contributed by atoms with E-state index in [0.717, 1.165) is 5.56 Å². The predicted molar refractivity (Wildman–Crippen MR) is 46.9 cm³/mol. The van der Waals surface area contributed by atoms with Crippen molar-refractivity contribution in [2.45, 2.75) is 18.9 Å². The van der Waals surface area contributed by atoms with Gasteiger partial charge in [0.05, 0.1) is 6.04 Å². The highest BCUT2D eigenvalue weighted by atomic mass is 19.3. The van der Waals surface area contributed by atoms with Gasteiger partial charge in [-0.05, 0) is 36.2 Å². The number of halogens is 3. The van der Waals surface area contributed by atoms with Crippen LogP contribution in [-0.4, -0.2) is 13.0 Å². The third kappa shape index (κ3) is 1.62. The van der Waals surface area contributed by atoms with Crippen LogP contribution in [0.2, 0.25) is 0 Å². The van der Waals surface area contributed by atoms with Crippen molar-refractivity contribution in [3.05, 3.63) is 35.1 Å². The first kappa shape index (κ1) is 9.52. The third-order valence-electron chi connectivity index (χ3n) is 2.45. The van der Waals surface area contributed by atoms with Gasteiger partial charge in [0, 0.05) is 0 Å². The van der Waals surface area contributed by atoms with E-state index in [0.29, 0.717) is 18.5 Å². The Hall–Kier alpha value is -1.03. The molecular weight excluding hydrogens is 191 g/mol. The highest BCUT2D eigenvalue weighted by molar-refractivity contribution is 5.33. The first-order valence-corrected chi connectivity index (χ1v) is 4.48. The van der Waals surface area contributed by atoms with Crippen molar-refractivity contribution in [1.82, 2.24) is 5.32 Å². The fourth-order valence-corrected chi connectivity index (χ4v) is 1.78. The molecule has 0 bridgehead atoms. The van der Waals surface area contributed by atoms with Crippen molar-refractivity contribution < 1.29 is 13.2 Å². The molecule has 1 aromatic carbocycles. The second-order valence-corrected chi connectivity index (χ2v) is 3.36. The van der Waals surface area contributed by atoms with Gasteiger partial charge in [0.25, 0.3) is 6.43 Å². The van der Waals surface area contributed by atoms with Gasteiger partial charge in [-0.15, -0.1) is 0 Å². The highest BCUT2D eigenvalue weighted by Gasteiger charge is 2.27. The maximum Gasteiger partial charge on any atom is 0.257 e. The molecule has 4 heteroatoms. The summed E-state index contributed by atoms with van der Waals surface area (Å²) in [6.45, 7) is 0.521. The number of alkyl halides is 2. The van der Waals surface area contributed by atoms with Crippen LogP contribution in [-0.2, 0) is 6.42 Å². The highest BCUT2D eigenvalue weighted by Crippen LogP contribution is 2.28. The van der Waals surface area contributed by atoms with Crippen LogP contribution in [0.4, 0.5) is 13.2 Å². The van der Waals surface area contributed by atoms with Gasteiger partial charge in [0.2, 0.25) is 0 Å². The summed E-state index contributed by atoms with van der Waals surface area (Å²) < 4.78 is 38.0. The fraction of sp³-hybridized carbons (Fsp3) is 0.400. The summed E-state index contributed by atoms with van der Waals surface area (Å²) in [7, 11) is 0. The quantitative estimate of drug-likeness (QED) is 0.735. The Morgan fingerprint density at radius 2 is 2.14 bits per heavy atom. The molecule has 0 aliphatic carbocycles. The van der Waals surface area contributed by atoms with Gasteiger partial charge in [-0.1, -0.05) is 6.07 Å². The molecule has 1 N–H and O–H groups in total. The molecule has 1 heterocycles. The molecule has 14 heavy (non-hydrogen) atoms. The van der Waals surface area contributed by atoms with Crippen LogP contribution in [0.3, 0.4) is 0 Å². The van der Waals surface area contributed by atoms with Gasteiger partial charge in [0.15, 0.2) is 0 Å². The lowest BCUT2D eigenvalue weighted by molar-refractivity contribution is 0.0953. The van der Waals surface area contributed by atoms with Crippen LogP contribution in [0.15, 0.2) is 18.2 Å². The second-order valence-electron chi connectivity index (χ2n) is 3.36. The van der Waals surface area contributed by atoms with E-state index in [2.05, 4.69) is 5.32 Å². The van der Waals surface area contributed by atoms with Gasteiger partial charge in [-0.25, -0.2) is 13.2 Å². The molecule has 0 radical (unpaired) electrons. The minimum absolute atomic E-state index is 0.395. The van der Waals surface area contributed by atoms with Crippen molar-refractivity contribution in [3.63, 3.8) is 0 Å². The molecule has 0 spiro atoms. The van der Waals surface area contributed by atoms with E-state index in [4.69, 9.17) is 0 Å². The second kappa shape index (κ2) is 3.61. The summed E-state index contributed by atoms with van der Waals surface area (Å²) in [5.41, 5.74) is 1.21. The van der Waals surface area contributed by atoms with E-state index < -0.39 is 18.3 Å². The van der Waals surface area contributed by atoms with E-state index >= 15 is 0 Å². The van der Waals surface area contributed by atoms with E-state index in [1.807, 2.05) is 0 Å². The van der Waals surface area contributed by atoms with Gasteiger partial charge < -0.3 is 5.32 Å². The summed E-state index contributed by atoms with van der Waals surface area (Å²) in [5, 5.41) is 2.69. The molecule has 1 aromatic rings. The molecule has 2 rings (SSSR count). The van der Waals surface area contributed by atoms with Crippen molar-refractivity contribution >= 4 is 0 Å². The number of rotatable bonds is 1. The smallest absolute Gasteiger partial charge is 0.257 e. The monoisotopic (exact) mass is 201 g/mol. The maximum atomic E-state index is 12.9. The molecule has 0 saturated carbocycles. The van der Waals surface area contributed by atoms with E-state index in [9.17, 15) is 13.2 Å². The van der Waals surface area contributed by atoms with Crippen LogP contribution in [0.1, 0.15) is 17.2 Å². The molecule has 0 saturated heterocycles. The molecule has 0 fully saturated rings. The van der Waals surface area contributed by atoms with E-state index in [1.54, 1.807) is 6.07 Å². The fourth-order valence-electron chi connectivity index (χ4n) is 1.78. The lowest BCUT2D eigenvalue weighted by atomic mass is 9.94. The zero-order valence-electron chi connectivity index (χ0n) is 7.43. The van der Waals surface area contributed by atoms with Crippen LogP contribution in [0, 0.1) is 5.82 Å². The summed E-state index contributed by atoms with van der Waals surface area (Å²) in [6.07, 6.45) is -1.81. The average molecular weight is 201 g/mol. The molecule has 0 amide bonds. The van der Waals surface area contributed by atoms with Crippen molar-refractivity contribution in [2.75, 3.05) is 6.54 Å². The molecule has 1 unspecified atom stereocenters. The normalized spacial score (nSPS) is 21.0. The van der Waals surface area contributed by atoms with Crippen molar-refractivity contribution in [1.29, 1.82) is 0 Å². The average Bonchev–Trinajstić information content (AvgIpc) is 2.16. The molecule has 1 aliphatic rings. The Labute approximate surface area is 79.9 Å². The zero-order valence-corrected chi connectivity index (χ0v) is 7.43. The Kier molecular flexibility index (Phi) is 2.46. The Morgan fingerprint density at radius 3 is 2.86 bits per heavy atom. The number of hydrogen-bond acceptors (Lipinski definition) is 1. The van der Waals surface area contributed by atoms with E-state index in [1.165, 1.54) is 12.1 Å². The third-order valence-corrected chi connectivity index (χ3v) is 2.45. The predicted octanol–water partition coefficient (Wildman–Crippen LogP) is 2.28. The Morgan fingerprint density at radius 1 is 1.36 bits per heavy atom. The topological polar surface area (TPSA) is 12.0 Å². The number of hydrogen-bond donors (Lipinski definition) is 1. The van der Waals surface area contributed by atoms with Gasteiger partial charge in [-0.3, -0.25) is 0 Å². The van der Waals surface area contributed by atoms with Crippen LogP contribution >= 0.6 is 0 Å². The van der Waals surface area contributed by atoms with E-state index in [-0.39, 0.29) is 0 Å². The molecule has 1 nitrogen and oxygen atoms in total. The molecular formula is C10H10F3N. The zero-order chi connectivity index (χ0) is 10.1. The largest absolute Gasteiger partial charge is 0.305 e. The summed E-state index contributed by atoms with van der Waals surface area (Å²) in [6, 6.07) is 3.07. The standard InChI is InChI=1S/C10H10F3N/c11-7-2-1-6-3-4-14-9(10(12)13)8(6)5-7/h1-2,5,9-10,14H,3-4H2. The Bertz CT molecular complexity index is 338. The van der Waals surface area contributed by atoms with Crippen molar-refractivity contribution in [3.8, 4) is 0 Å². The lowest BCUT2D eigenvalue weighted by Gasteiger charge is -2.26. The number of nitrogens with one attached hydrogen (secondary N) is 1. The van der Waals surface area contributed by atoms with Crippen LogP contribution < -0.4 is 5.32 Å². The van der Waals surface area contributed by atoms with Crippen molar-refractivity contribution in [2.24, 2.45) is 0 Å². The summed E-state index contributed by atoms with van der Waals surface area (Å²) in [5.74, 6) is -0.460. The van der Waals surface area contributed by atoms with Crippen LogP contribution in [0.25, 0.3) is 0 Å².